The van der Waals surface area contributed by atoms with E-state index in [9.17, 15) is 9.59 Å². The molecular formula is C34H41ClN6O4. The summed E-state index contributed by atoms with van der Waals surface area (Å²) in [5, 5.41) is 3.74. The number of aromatic nitrogens is 3. The molecule has 1 N–H and O–H groups in total. The van der Waals surface area contributed by atoms with Crippen LogP contribution < -0.4 is 5.32 Å². The van der Waals surface area contributed by atoms with Crippen molar-refractivity contribution >= 4 is 35.4 Å². The van der Waals surface area contributed by atoms with Crippen molar-refractivity contribution < 1.29 is 19.1 Å². The Balaban J connectivity index is 1.37. The van der Waals surface area contributed by atoms with Gasteiger partial charge in [-0.3, -0.25) is 9.88 Å². The van der Waals surface area contributed by atoms with Crippen molar-refractivity contribution in [3.8, 4) is 0 Å². The van der Waals surface area contributed by atoms with Crippen LogP contribution in [-0.2, 0) is 16.5 Å². The minimum Gasteiger partial charge on any atom is -0.449 e. The monoisotopic (exact) mass is 632 g/mol. The minimum absolute atomic E-state index is 0.0995. The first-order valence-electron chi connectivity index (χ1n) is 15.5. The molecule has 2 fully saturated rings. The summed E-state index contributed by atoms with van der Waals surface area (Å²) in [6, 6.07) is 9.09. The zero-order chi connectivity index (χ0) is 31.9. The molecule has 1 saturated heterocycles. The Hall–Kier alpha value is -3.89. The Labute approximate surface area is 269 Å². The zero-order valence-corrected chi connectivity index (χ0v) is 27.3. The normalized spacial score (nSPS) is 19.8. The fraction of sp³-hybridized carbons (Fsp3) is 0.471. The molecule has 0 bridgehead atoms. The summed E-state index contributed by atoms with van der Waals surface area (Å²) in [7, 11) is 1.91. The predicted molar refractivity (Wildman–Crippen MR) is 173 cm³/mol. The van der Waals surface area contributed by atoms with Gasteiger partial charge in [-0.05, 0) is 71.7 Å². The number of nitrogens with zero attached hydrogens (tertiary/aromatic N) is 5. The van der Waals surface area contributed by atoms with E-state index in [1.807, 2.05) is 75.8 Å². The Kier molecular flexibility index (Phi) is 8.39. The summed E-state index contributed by atoms with van der Waals surface area (Å²) >= 11 is 6.67. The number of pyridine rings is 1. The van der Waals surface area contributed by atoms with Crippen LogP contribution in [0.2, 0.25) is 5.02 Å². The zero-order valence-electron chi connectivity index (χ0n) is 26.5. The fourth-order valence-corrected chi connectivity index (χ4v) is 6.11. The molecule has 2 amide bonds. The summed E-state index contributed by atoms with van der Waals surface area (Å²) in [6.07, 6.45) is 8.32. The predicted octanol–water partition coefficient (Wildman–Crippen LogP) is 6.23. The number of piperazine rings is 1. The third-order valence-corrected chi connectivity index (χ3v) is 8.88. The third kappa shape index (κ3) is 6.87. The lowest BCUT2D eigenvalue weighted by molar-refractivity contribution is 0.0494. The van der Waals surface area contributed by atoms with Gasteiger partial charge in [0.05, 0.1) is 42.6 Å². The highest BCUT2D eigenvalue weighted by Gasteiger charge is 2.43. The van der Waals surface area contributed by atoms with Gasteiger partial charge in [-0.1, -0.05) is 44.5 Å². The molecule has 2 aromatic heterocycles. The summed E-state index contributed by atoms with van der Waals surface area (Å²) in [5.74, 6) is 0. The number of carbonyl (C=O) groups is 2. The maximum Gasteiger partial charge on any atom is 0.409 e. The van der Waals surface area contributed by atoms with Crippen LogP contribution in [0.1, 0.15) is 80.7 Å². The Morgan fingerprint density at radius 2 is 1.91 bits per heavy atom. The van der Waals surface area contributed by atoms with Crippen LogP contribution in [0.25, 0.3) is 11.6 Å². The molecule has 45 heavy (non-hydrogen) atoms. The van der Waals surface area contributed by atoms with Gasteiger partial charge in [-0.25, -0.2) is 14.6 Å². The van der Waals surface area contributed by atoms with Crippen molar-refractivity contribution in [1.29, 1.82) is 0 Å². The summed E-state index contributed by atoms with van der Waals surface area (Å²) in [4.78, 5) is 39.5. The number of alkyl carbamates (subject to hydrolysis) is 1. The maximum atomic E-state index is 13.3. The Morgan fingerprint density at radius 3 is 2.58 bits per heavy atom. The van der Waals surface area contributed by atoms with Crippen LogP contribution in [0.15, 0.2) is 49.1 Å². The van der Waals surface area contributed by atoms with E-state index in [-0.39, 0.29) is 17.6 Å². The topological polar surface area (TPSA) is 102 Å². The van der Waals surface area contributed by atoms with Gasteiger partial charge < -0.3 is 24.3 Å². The molecule has 0 unspecified atom stereocenters. The van der Waals surface area contributed by atoms with Crippen molar-refractivity contribution in [2.75, 3.05) is 32.8 Å². The SMILES string of the molecule is Cn1cncc1[C@H](NC(=O)OC1(C)CC1)C1=Cc2cccnc2[C@@H](N2CCN(C(=O)OCC(C)(C)C)CC2)c2ccc(Cl)cc21. The quantitative estimate of drug-likeness (QED) is 0.344. The molecule has 0 spiro atoms. The number of benzene rings is 1. The van der Waals surface area contributed by atoms with Crippen molar-refractivity contribution in [3.05, 3.63) is 82.2 Å². The second-order valence-corrected chi connectivity index (χ2v) is 14.1. The highest BCUT2D eigenvalue weighted by Crippen LogP contribution is 2.45. The lowest BCUT2D eigenvalue weighted by Crippen LogP contribution is -2.50. The summed E-state index contributed by atoms with van der Waals surface area (Å²) < 4.78 is 13.3. The van der Waals surface area contributed by atoms with E-state index in [1.165, 1.54) is 0 Å². The van der Waals surface area contributed by atoms with Gasteiger partial charge in [-0.2, -0.15) is 0 Å². The molecule has 2 aliphatic carbocycles. The lowest BCUT2D eigenvalue weighted by Gasteiger charge is -2.39. The molecule has 11 heteroatoms. The largest absolute Gasteiger partial charge is 0.449 e. The van der Waals surface area contributed by atoms with Crippen molar-refractivity contribution in [2.24, 2.45) is 12.5 Å². The first kappa shape index (κ1) is 31.1. The summed E-state index contributed by atoms with van der Waals surface area (Å²) in [5.41, 5.74) is 4.89. The number of nitrogens with one attached hydrogen (secondary N) is 1. The van der Waals surface area contributed by atoms with Crippen LogP contribution in [-0.4, -0.2) is 74.9 Å². The first-order chi connectivity index (χ1) is 21.4. The maximum absolute atomic E-state index is 13.3. The molecule has 3 heterocycles. The van der Waals surface area contributed by atoms with Gasteiger partial charge in [0.25, 0.3) is 0 Å². The number of halogens is 1. The number of hydrogen-bond donors (Lipinski definition) is 1. The Bertz CT molecular complexity index is 1620. The average molecular weight is 633 g/mol. The van der Waals surface area contributed by atoms with Crippen molar-refractivity contribution in [1.82, 2.24) is 29.7 Å². The highest BCUT2D eigenvalue weighted by atomic mass is 35.5. The Morgan fingerprint density at radius 1 is 1.16 bits per heavy atom. The van der Waals surface area contributed by atoms with Gasteiger partial charge in [0.2, 0.25) is 0 Å². The molecule has 238 valence electrons. The fourth-order valence-electron chi connectivity index (χ4n) is 5.94. The van der Waals surface area contributed by atoms with E-state index in [1.54, 1.807) is 17.4 Å². The number of amides is 2. The van der Waals surface area contributed by atoms with E-state index in [4.69, 9.17) is 26.1 Å². The van der Waals surface area contributed by atoms with Crippen LogP contribution in [0.3, 0.4) is 0 Å². The number of carbonyl (C=O) groups excluding carboxylic acids is 2. The van der Waals surface area contributed by atoms with Crippen molar-refractivity contribution in [3.63, 3.8) is 0 Å². The van der Waals surface area contributed by atoms with Crippen LogP contribution >= 0.6 is 11.6 Å². The molecule has 0 radical (unpaired) electrons. The van der Waals surface area contributed by atoms with E-state index in [2.05, 4.69) is 21.3 Å². The van der Waals surface area contributed by atoms with Gasteiger partial charge in [0, 0.05) is 44.4 Å². The molecule has 1 aromatic carbocycles. The standard InChI is InChI=1S/C34H41ClN6O4/c1-33(2,3)20-44-32(43)41-15-13-40(14-16-41)30-24-9-8-23(35)18-25(24)26(17-22-7-6-12-37-28(22)30)29(27-19-36-21-39(27)5)38-31(42)45-34(4)10-11-34/h6-9,12,17-19,21,29-30H,10-11,13-16,20H2,1-5H3,(H,38,42)/t29-,30+/m1/s1. The van der Waals surface area contributed by atoms with Crippen LogP contribution in [0.5, 0.6) is 0 Å². The molecule has 1 aliphatic heterocycles. The number of hydrogen-bond acceptors (Lipinski definition) is 7. The molecule has 10 nitrogen and oxygen atoms in total. The molecule has 3 aromatic rings. The smallest absolute Gasteiger partial charge is 0.409 e. The summed E-state index contributed by atoms with van der Waals surface area (Å²) in [6.45, 7) is 10.8. The molecule has 1 saturated carbocycles. The van der Waals surface area contributed by atoms with Gasteiger partial charge in [-0.15, -0.1) is 0 Å². The van der Waals surface area contributed by atoms with E-state index in [0.717, 1.165) is 46.5 Å². The van der Waals surface area contributed by atoms with Crippen molar-refractivity contribution in [2.45, 2.75) is 58.2 Å². The number of imidazole rings is 1. The van der Waals surface area contributed by atoms with Crippen LogP contribution in [0, 0.1) is 5.41 Å². The minimum atomic E-state index is -0.578. The van der Waals surface area contributed by atoms with Crippen LogP contribution in [0.4, 0.5) is 9.59 Å². The van der Waals surface area contributed by atoms with Gasteiger partial charge >= 0.3 is 12.2 Å². The number of rotatable bonds is 6. The third-order valence-electron chi connectivity index (χ3n) is 8.64. The van der Waals surface area contributed by atoms with E-state index < -0.39 is 17.7 Å². The van der Waals surface area contributed by atoms with Gasteiger partial charge in [0.15, 0.2) is 0 Å². The number of ether oxygens (including phenoxy) is 2. The highest BCUT2D eigenvalue weighted by molar-refractivity contribution is 6.30. The average Bonchev–Trinajstić information content (AvgIpc) is 3.60. The molecule has 3 aliphatic rings. The number of fused-ring (bicyclic) bond motifs is 2. The molecular weight excluding hydrogens is 592 g/mol. The lowest BCUT2D eigenvalue weighted by atomic mass is 9.90. The number of aryl methyl sites for hydroxylation is 1. The first-order valence-corrected chi connectivity index (χ1v) is 15.9. The second-order valence-electron chi connectivity index (χ2n) is 13.7. The second kappa shape index (κ2) is 12.1. The van der Waals surface area contributed by atoms with E-state index >= 15 is 0 Å². The van der Waals surface area contributed by atoms with E-state index in [0.29, 0.717) is 37.8 Å². The van der Waals surface area contributed by atoms with Gasteiger partial charge in [0.1, 0.15) is 5.60 Å². The molecule has 2 atom stereocenters. The molecule has 6 rings (SSSR count).